The molecule has 7 nitrogen and oxygen atoms in total. The van der Waals surface area contributed by atoms with Crippen molar-refractivity contribution in [3.63, 3.8) is 0 Å². The summed E-state index contributed by atoms with van der Waals surface area (Å²) < 4.78 is 12.4. The standard InChI is InChI=1S/C21H26N4O3/c1-16-20(17(2)25(23-16)18-8-5-4-6-9-18)14-22-21(26)24(11-13-27-3)15-19-10-7-12-28-19/h4-10,12H,11,13-15H2,1-3H3,(H,22,26). The molecular weight excluding hydrogens is 356 g/mol. The molecule has 0 saturated heterocycles. The van der Waals surface area contributed by atoms with Crippen LogP contribution < -0.4 is 5.32 Å². The molecule has 0 saturated carbocycles. The van der Waals surface area contributed by atoms with Crippen LogP contribution >= 0.6 is 0 Å². The molecule has 0 spiro atoms. The van der Waals surface area contributed by atoms with Crippen LogP contribution in [-0.2, 0) is 17.8 Å². The summed E-state index contributed by atoms with van der Waals surface area (Å²) in [5, 5.41) is 7.63. The first-order valence-electron chi connectivity index (χ1n) is 9.24. The Morgan fingerprint density at radius 3 is 2.68 bits per heavy atom. The van der Waals surface area contributed by atoms with Crippen molar-refractivity contribution in [2.75, 3.05) is 20.3 Å². The largest absolute Gasteiger partial charge is 0.467 e. The summed E-state index contributed by atoms with van der Waals surface area (Å²) in [6.45, 7) is 5.70. The lowest BCUT2D eigenvalue weighted by Gasteiger charge is -2.22. The number of furan rings is 1. The first-order valence-corrected chi connectivity index (χ1v) is 9.24. The van der Waals surface area contributed by atoms with E-state index in [-0.39, 0.29) is 6.03 Å². The molecule has 148 valence electrons. The smallest absolute Gasteiger partial charge is 0.318 e. The predicted octanol–water partition coefficient (Wildman–Crippen LogP) is 3.44. The van der Waals surface area contributed by atoms with Crippen molar-refractivity contribution in [2.45, 2.75) is 26.9 Å². The van der Waals surface area contributed by atoms with E-state index in [0.29, 0.717) is 26.2 Å². The molecule has 0 atom stereocenters. The van der Waals surface area contributed by atoms with E-state index in [1.165, 1.54) is 0 Å². The van der Waals surface area contributed by atoms with Gasteiger partial charge in [-0.25, -0.2) is 9.48 Å². The van der Waals surface area contributed by atoms with Crippen molar-refractivity contribution in [2.24, 2.45) is 0 Å². The normalized spacial score (nSPS) is 10.8. The monoisotopic (exact) mass is 382 g/mol. The molecule has 2 amide bonds. The number of nitrogens with one attached hydrogen (secondary N) is 1. The van der Waals surface area contributed by atoms with Crippen LogP contribution in [-0.4, -0.2) is 41.0 Å². The number of amides is 2. The van der Waals surface area contributed by atoms with Gasteiger partial charge in [-0.15, -0.1) is 0 Å². The van der Waals surface area contributed by atoms with Crippen LogP contribution in [0.25, 0.3) is 5.69 Å². The number of nitrogens with zero attached hydrogens (tertiary/aromatic N) is 3. The second kappa shape index (κ2) is 9.23. The van der Waals surface area contributed by atoms with E-state index in [2.05, 4.69) is 10.4 Å². The van der Waals surface area contributed by atoms with Gasteiger partial charge in [-0.2, -0.15) is 5.10 Å². The molecule has 0 fully saturated rings. The molecule has 3 aromatic rings. The number of aryl methyl sites for hydroxylation is 1. The quantitative estimate of drug-likeness (QED) is 0.648. The summed E-state index contributed by atoms with van der Waals surface area (Å²) >= 11 is 0. The number of rotatable bonds is 8. The number of methoxy groups -OCH3 is 1. The fraction of sp³-hybridized carbons (Fsp3) is 0.333. The third-order valence-electron chi connectivity index (χ3n) is 4.64. The summed E-state index contributed by atoms with van der Waals surface area (Å²) in [6.07, 6.45) is 1.60. The third kappa shape index (κ3) is 4.61. The van der Waals surface area contributed by atoms with Crippen molar-refractivity contribution in [3.8, 4) is 5.69 Å². The van der Waals surface area contributed by atoms with E-state index >= 15 is 0 Å². The van der Waals surface area contributed by atoms with Crippen molar-refractivity contribution < 1.29 is 13.9 Å². The molecule has 7 heteroatoms. The van der Waals surface area contributed by atoms with Gasteiger partial charge in [0.2, 0.25) is 0 Å². The van der Waals surface area contributed by atoms with Gasteiger partial charge in [0.25, 0.3) is 0 Å². The summed E-state index contributed by atoms with van der Waals surface area (Å²) in [5.41, 5.74) is 3.93. The van der Waals surface area contributed by atoms with Crippen molar-refractivity contribution in [1.82, 2.24) is 20.0 Å². The minimum absolute atomic E-state index is 0.167. The summed E-state index contributed by atoms with van der Waals surface area (Å²) in [5.74, 6) is 0.732. The fourth-order valence-corrected chi connectivity index (χ4v) is 3.07. The fourth-order valence-electron chi connectivity index (χ4n) is 3.07. The molecule has 0 aliphatic carbocycles. The van der Waals surface area contributed by atoms with E-state index in [9.17, 15) is 4.79 Å². The third-order valence-corrected chi connectivity index (χ3v) is 4.64. The first kappa shape index (κ1) is 19.7. The van der Waals surface area contributed by atoms with Crippen LogP contribution in [0.4, 0.5) is 4.79 Å². The van der Waals surface area contributed by atoms with Gasteiger partial charge in [0.1, 0.15) is 5.76 Å². The molecule has 0 aliphatic heterocycles. The molecular formula is C21H26N4O3. The Hall–Kier alpha value is -3.06. The molecule has 3 rings (SSSR count). The Balaban J connectivity index is 1.69. The zero-order valence-electron chi connectivity index (χ0n) is 16.5. The van der Waals surface area contributed by atoms with Crippen LogP contribution in [0, 0.1) is 13.8 Å². The van der Waals surface area contributed by atoms with Gasteiger partial charge in [-0.1, -0.05) is 18.2 Å². The Kier molecular flexibility index (Phi) is 6.49. The van der Waals surface area contributed by atoms with Gasteiger partial charge in [0.15, 0.2) is 0 Å². The van der Waals surface area contributed by atoms with Crippen LogP contribution in [0.15, 0.2) is 53.1 Å². The Labute approximate surface area is 164 Å². The van der Waals surface area contributed by atoms with Crippen LogP contribution in [0.3, 0.4) is 0 Å². The summed E-state index contributed by atoms with van der Waals surface area (Å²) in [4.78, 5) is 14.4. The SMILES string of the molecule is COCCN(Cc1ccco1)C(=O)NCc1c(C)nn(-c2ccccc2)c1C. The molecule has 1 aromatic carbocycles. The number of hydrogen-bond donors (Lipinski definition) is 1. The lowest BCUT2D eigenvalue weighted by Crippen LogP contribution is -2.41. The van der Waals surface area contributed by atoms with E-state index in [1.54, 1.807) is 18.3 Å². The summed E-state index contributed by atoms with van der Waals surface area (Å²) in [6, 6.07) is 13.5. The molecule has 28 heavy (non-hydrogen) atoms. The van der Waals surface area contributed by atoms with E-state index < -0.39 is 0 Å². The Morgan fingerprint density at radius 1 is 1.21 bits per heavy atom. The number of carbonyl (C=O) groups excluding carboxylic acids is 1. The average Bonchev–Trinajstić information content (AvgIpc) is 3.32. The van der Waals surface area contributed by atoms with Crippen molar-refractivity contribution in [1.29, 1.82) is 0 Å². The van der Waals surface area contributed by atoms with E-state index in [4.69, 9.17) is 9.15 Å². The summed E-state index contributed by atoms with van der Waals surface area (Å²) in [7, 11) is 1.62. The maximum absolute atomic E-state index is 12.7. The highest BCUT2D eigenvalue weighted by Crippen LogP contribution is 2.18. The number of benzene rings is 1. The van der Waals surface area contributed by atoms with Gasteiger partial charge >= 0.3 is 6.03 Å². The molecule has 2 heterocycles. The average molecular weight is 382 g/mol. The minimum atomic E-state index is -0.167. The van der Waals surface area contributed by atoms with Crippen molar-refractivity contribution in [3.05, 3.63) is 71.4 Å². The molecule has 0 bridgehead atoms. The Bertz CT molecular complexity index is 888. The lowest BCUT2D eigenvalue weighted by molar-refractivity contribution is 0.142. The maximum Gasteiger partial charge on any atom is 0.318 e. The van der Waals surface area contributed by atoms with Gasteiger partial charge in [0.05, 0.1) is 30.8 Å². The number of hydrogen-bond acceptors (Lipinski definition) is 4. The van der Waals surface area contributed by atoms with Gasteiger partial charge in [-0.3, -0.25) is 0 Å². The number of para-hydroxylation sites is 1. The topological polar surface area (TPSA) is 72.5 Å². The van der Waals surface area contributed by atoms with Gasteiger partial charge in [0, 0.05) is 31.5 Å². The number of aromatic nitrogens is 2. The van der Waals surface area contributed by atoms with E-state index in [1.807, 2.05) is 61.0 Å². The van der Waals surface area contributed by atoms with Crippen LogP contribution in [0.1, 0.15) is 22.7 Å². The number of carbonyl (C=O) groups is 1. The van der Waals surface area contributed by atoms with Gasteiger partial charge < -0.3 is 19.4 Å². The number of ether oxygens (including phenoxy) is 1. The zero-order valence-corrected chi connectivity index (χ0v) is 16.5. The first-order chi connectivity index (χ1) is 13.6. The van der Waals surface area contributed by atoms with Crippen LogP contribution in [0.5, 0.6) is 0 Å². The Morgan fingerprint density at radius 2 is 2.00 bits per heavy atom. The van der Waals surface area contributed by atoms with E-state index in [0.717, 1.165) is 28.4 Å². The highest BCUT2D eigenvalue weighted by molar-refractivity contribution is 5.74. The van der Waals surface area contributed by atoms with Crippen LogP contribution in [0.2, 0.25) is 0 Å². The highest BCUT2D eigenvalue weighted by atomic mass is 16.5. The highest BCUT2D eigenvalue weighted by Gasteiger charge is 2.18. The maximum atomic E-state index is 12.7. The minimum Gasteiger partial charge on any atom is -0.467 e. The van der Waals surface area contributed by atoms with Gasteiger partial charge in [-0.05, 0) is 38.1 Å². The number of urea groups is 1. The molecule has 0 radical (unpaired) electrons. The molecule has 0 aliphatic rings. The second-order valence-corrected chi connectivity index (χ2v) is 6.55. The molecule has 0 unspecified atom stereocenters. The lowest BCUT2D eigenvalue weighted by atomic mass is 10.2. The predicted molar refractivity (Wildman–Crippen MR) is 106 cm³/mol. The molecule has 2 aromatic heterocycles. The molecule has 1 N–H and O–H groups in total. The zero-order chi connectivity index (χ0) is 19.9. The van der Waals surface area contributed by atoms with Crippen molar-refractivity contribution >= 4 is 6.03 Å². The second-order valence-electron chi connectivity index (χ2n) is 6.55.